The molecule has 96 valence electrons. The van der Waals surface area contributed by atoms with Gasteiger partial charge in [-0.25, -0.2) is 0 Å². The fraction of sp³-hybridized carbons (Fsp3) is 0.0909. The van der Waals surface area contributed by atoms with Crippen molar-refractivity contribution < 1.29 is 17.6 Å². The number of benzene rings is 1. The Morgan fingerprint density at radius 1 is 1.00 bits per heavy atom. The maximum absolute atomic E-state index is 12.6. The van der Waals surface area contributed by atoms with Crippen LogP contribution >= 0.6 is 47.8 Å². The largest absolute Gasteiger partial charge is 0.447 e. The number of furan rings is 1. The summed E-state index contributed by atoms with van der Waals surface area (Å²) in [5, 5.41) is 0. The lowest BCUT2D eigenvalue weighted by Crippen LogP contribution is -2.04. The van der Waals surface area contributed by atoms with Gasteiger partial charge in [0.2, 0.25) is 0 Å². The van der Waals surface area contributed by atoms with E-state index in [1.807, 2.05) is 0 Å². The van der Waals surface area contributed by atoms with E-state index in [-0.39, 0.29) is 0 Å². The minimum Gasteiger partial charge on any atom is -0.447 e. The predicted octanol–water partition coefficient (Wildman–Crippen LogP) is 6.25. The molecule has 2 aromatic rings. The Morgan fingerprint density at radius 2 is 1.67 bits per heavy atom. The third-order valence-electron chi connectivity index (χ3n) is 2.21. The van der Waals surface area contributed by atoms with Crippen molar-refractivity contribution in [2.24, 2.45) is 0 Å². The van der Waals surface area contributed by atoms with Crippen LogP contribution in [0.5, 0.6) is 0 Å². The zero-order valence-electron chi connectivity index (χ0n) is 8.49. The number of hydrogen-bond donors (Lipinski definition) is 0. The summed E-state index contributed by atoms with van der Waals surface area (Å²) in [5.74, 6) is 0.333. The van der Waals surface area contributed by atoms with Gasteiger partial charge in [-0.3, -0.25) is 0 Å². The molecule has 1 aromatic heterocycles. The van der Waals surface area contributed by atoms with Crippen molar-refractivity contribution in [3.05, 3.63) is 43.4 Å². The van der Waals surface area contributed by atoms with Crippen LogP contribution in [0.4, 0.5) is 13.2 Å². The van der Waals surface area contributed by atoms with E-state index in [1.54, 1.807) is 6.07 Å². The first-order valence-electron chi connectivity index (χ1n) is 4.61. The van der Waals surface area contributed by atoms with Gasteiger partial charge in [0.1, 0.15) is 0 Å². The lowest BCUT2D eigenvalue weighted by Gasteiger charge is -2.07. The summed E-state index contributed by atoms with van der Waals surface area (Å²) in [7, 11) is 0. The Hall–Kier alpha value is -0.270. The number of hydrogen-bond acceptors (Lipinski definition) is 1. The highest BCUT2D eigenvalue weighted by Crippen LogP contribution is 2.42. The lowest BCUT2D eigenvalue weighted by atomic mass is 10.1. The van der Waals surface area contributed by atoms with Gasteiger partial charge in [0, 0.05) is 5.56 Å². The molecule has 1 heterocycles. The van der Waals surface area contributed by atoms with E-state index in [1.165, 1.54) is 6.07 Å². The molecular formula is C11H4Br3F3O. The maximum atomic E-state index is 12.6. The van der Waals surface area contributed by atoms with Crippen molar-refractivity contribution in [3.8, 4) is 11.3 Å². The smallest absolute Gasteiger partial charge is 0.416 e. The van der Waals surface area contributed by atoms with Crippen LogP contribution in [0.3, 0.4) is 0 Å². The second-order valence-electron chi connectivity index (χ2n) is 3.41. The lowest BCUT2D eigenvalue weighted by molar-refractivity contribution is -0.137. The van der Waals surface area contributed by atoms with Crippen molar-refractivity contribution in [3.63, 3.8) is 0 Å². The van der Waals surface area contributed by atoms with Gasteiger partial charge in [0.05, 0.1) is 14.5 Å². The second kappa shape index (κ2) is 5.02. The van der Waals surface area contributed by atoms with Gasteiger partial charge in [-0.2, -0.15) is 13.2 Å². The Kier molecular flexibility index (Phi) is 3.94. The van der Waals surface area contributed by atoms with E-state index in [4.69, 9.17) is 4.42 Å². The van der Waals surface area contributed by atoms with E-state index in [9.17, 15) is 13.2 Å². The highest BCUT2D eigenvalue weighted by Gasteiger charge is 2.31. The standard InChI is InChI=1S/C11H4Br3F3O/c12-7-8(13)10(14)18-9(7)5-2-1-3-6(4-5)11(15,16)17/h1-4H. The number of rotatable bonds is 1. The van der Waals surface area contributed by atoms with Gasteiger partial charge < -0.3 is 4.42 Å². The maximum Gasteiger partial charge on any atom is 0.416 e. The van der Waals surface area contributed by atoms with Crippen molar-refractivity contribution >= 4 is 47.8 Å². The first kappa shape index (κ1) is 14.1. The number of halogens is 6. The average molecular weight is 449 g/mol. The first-order chi connectivity index (χ1) is 8.30. The SMILES string of the molecule is FC(F)(F)c1cccc(-c2oc(Br)c(Br)c2Br)c1. The summed E-state index contributed by atoms with van der Waals surface area (Å²) >= 11 is 9.66. The normalized spacial score (nSPS) is 11.9. The highest BCUT2D eigenvalue weighted by molar-refractivity contribution is 9.14. The van der Waals surface area contributed by atoms with Crippen LogP contribution in [-0.4, -0.2) is 0 Å². The molecule has 0 aliphatic heterocycles. The van der Waals surface area contributed by atoms with Crippen molar-refractivity contribution in [2.75, 3.05) is 0 Å². The molecule has 1 nitrogen and oxygen atoms in total. The van der Waals surface area contributed by atoms with E-state index in [0.29, 0.717) is 24.9 Å². The van der Waals surface area contributed by atoms with Crippen LogP contribution in [0.15, 0.2) is 42.3 Å². The predicted molar refractivity (Wildman–Crippen MR) is 72.2 cm³/mol. The topological polar surface area (TPSA) is 13.1 Å². The average Bonchev–Trinajstić information content (AvgIpc) is 2.56. The minimum atomic E-state index is -4.37. The fourth-order valence-corrected chi connectivity index (χ4v) is 2.76. The van der Waals surface area contributed by atoms with Crippen LogP contribution in [0.25, 0.3) is 11.3 Å². The fourth-order valence-electron chi connectivity index (χ4n) is 1.39. The molecule has 0 saturated carbocycles. The molecule has 18 heavy (non-hydrogen) atoms. The monoisotopic (exact) mass is 446 g/mol. The first-order valence-corrected chi connectivity index (χ1v) is 6.99. The minimum absolute atomic E-state index is 0.333. The molecular weight excluding hydrogens is 445 g/mol. The molecule has 0 spiro atoms. The van der Waals surface area contributed by atoms with Crippen LogP contribution < -0.4 is 0 Å². The van der Waals surface area contributed by atoms with Crippen LogP contribution in [0.2, 0.25) is 0 Å². The van der Waals surface area contributed by atoms with Gasteiger partial charge in [-0.1, -0.05) is 12.1 Å². The molecule has 0 aliphatic rings. The molecule has 0 bridgehead atoms. The molecule has 0 radical (unpaired) electrons. The van der Waals surface area contributed by atoms with Crippen LogP contribution in [-0.2, 0) is 6.18 Å². The molecule has 2 rings (SSSR count). The second-order valence-corrected chi connectivity index (χ2v) is 5.72. The van der Waals surface area contributed by atoms with E-state index in [0.717, 1.165) is 12.1 Å². The molecule has 0 saturated heterocycles. The Labute approximate surface area is 126 Å². The molecule has 1 aromatic carbocycles. The Balaban J connectivity index is 2.55. The Morgan fingerprint density at radius 3 is 2.17 bits per heavy atom. The Bertz CT molecular complexity index is 590. The van der Waals surface area contributed by atoms with E-state index < -0.39 is 11.7 Å². The zero-order chi connectivity index (χ0) is 13.5. The van der Waals surface area contributed by atoms with Gasteiger partial charge >= 0.3 is 6.18 Å². The van der Waals surface area contributed by atoms with Gasteiger partial charge in [-0.05, 0) is 59.9 Å². The molecule has 0 unspecified atom stereocenters. The summed E-state index contributed by atoms with van der Waals surface area (Å²) in [5.41, 5.74) is -0.362. The summed E-state index contributed by atoms with van der Waals surface area (Å²) in [6.45, 7) is 0. The molecule has 0 fully saturated rings. The van der Waals surface area contributed by atoms with Gasteiger partial charge in [-0.15, -0.1) is 0 Å². The highest BCUT2D eigenvalue weighted by atomic mass is 79.9. The van der Waals surface area contributed by atoms with Crippen molar-refractivity contribution in [1.82, 2.24) is 0 Å². The summed E-state index contributed by atoms with van der Waals surface area (Å²) < 4.78 is 44.8. The number of alkyl halides is 3. The molecule has 0 amide bonds. The van der Waals surface area contributed by atoms with Gasteiger partial charge in [0.15, 0.2) is 10.4 Å². The third-order valence-corrected chi connectivity index (χ3v) is 5.34. The van der Waals surface area contributed by atoms with Gasteiger partial charge in [0.25, 0.3) is 0 Å². The molecule has 7 heteroatoms. The van der Waals surface area contributed by atoms with E-state index in [2.05, 4.69) is 47.8 Å². The summed E-state index contributed by atoms with van der Waals surface area (Å²) in [6, 6.07) is 4.96. The summed E-state index contributed by atoms with van der Waals surface area (Å²) in [4.78, 5) is 0. The third kappa shape index (κ3) is 2.67. The zero-order valence-corrected chi connectivity index (χ0v) is 13.2. The molecule has 0 N–H and O–H groups in total. The summed E-state index contributed by atoms with van der Waals surface area (Å²) in [6.07, 6.45) is -4.37. The van der Waals surface area contributed by atoms with Crippen molar-refractivity contribution in [1.29, 1.82) is 0 Å². The molecule has 0 atom stereocenters. The van der Waals surface area contributed by atoms with Crippen LogP contribution in [0.1, 0.15) is 5.56 Å². The van der Waals surface area contributed by atoms with E-state index >= 15 is 0 Å². The van der Waals surface area contributed by atoms with Crippen LogP contribution in [0, 0.1) is 0 Å². The molecule has 0 aliphatic carbocycles. The quantitative estimate of drug-likeness (QED) is 0.502. The van der Waals surface area contributed by atoms with Crippen molar-refractivity contribution in [2.45, 2.75) is 6.18 Å².